The molecule has 0 bridgehead atoms. The molecule has 0 fully saturated rings. The van der Waals surface area contributed by atoms with Gasteiger partial charge in [0, 0.05) is 28.2 Å². The van der Waals surface area contributed by atoms with Gasteiger partial charge in [0.1, 0.15) is 5.82 Å². The maximum atomic E-state index is 13.4. The molecule has 0 unspecified atom stereocenters. The van der Waals surface area contributed by atoms with Gasteiger partial charge < -0.3 is 4.90 Å². The third-order valence-electron chi connectivity index (χ3n) is 3.25. The highest BCUT2D eigenvalue weighted by molar-refractivity contribution is 6.04. The lowest BCUT2D eigenvalue weighted by Crippen LogP contribution is -2.37. The molecule has 3 amide bonds. The fraction of sp³-hybridized carbons (Fsp3) is 0.385. The van der Waals surface area contributed by atoms with Crippen molar-refractivity contribution in [3.63, 3.8) is 0 Å². The average molecular weight is 372 g/mol. The minimum Gasteiger partial charge on any atom is -0.330 e. The zero-order valence-electron chi connectivity index (χ0n) is 14.2. The minimum atomic E-state index is -4.91. The number of rotatable bonds is 3. The van der Waals surface area contributed by atoms with Crippen molar-refractivity contribution in [2.45, 2.75) is 6.18 Å². The van der Waals surface area contributed by atoms with Crippen molar-refractivity contribution in [3.05, 3.63) is 23.4 Å². The number of urea groups is 1. The molecule has 140 valence electrons. The second-order valence-electron chi connectivity index (χ2n) is 5.38. The number of anilines is 2. The first kappa shape index (κ1) is 19.1. The molecule has 26 heavy (non-hydrogen) atoms. The van der Waals surface area contributed by atoms with E-state index in [1.54, 1.807) is 0 Å². The van der Waals surface area contributed by atoms with Crippen LogP contribution in [-0.4, -0.2) is 63.2 Å². The van der Waals surface area contributed by atoms with Gasteiger partial charge in [0.15, 0.2) is 5.69 Å². The standard InChI is InChI=1S/C13H15F3N8O2/c1-22(2)12(26)23(3)8-6-5-7(9(17-8)13(14,15)16)10(25)18-11-19-20-21-24(11)4/h5-6H,1-4H3,(H,18,19,21,25). The maximum Gasteiger partial charge on any atom is 0.434 e. The van der Waals surface area contributed by atoms with Gasteiger partial charge in [-0.05, 0) is 22.6 Å². The van der Waals surface area contributed by atoms with Crippen molar-refractivity contribution in [3.8, 4) is 0 Å². The first-order valence-corrected chi connectivity index (χ1v) is 7.09. The zero-order chi connectivity index (χ0) is 19.6. The molecule has 0 saturated heterocycles. The van der Waals surface area contributed by atoms with E-state index in [1.807, 2.05) is 0 Å². The van der Waals surface area contributed by atoms with Gasteiger partial charge in [-0.2, -0.15) is 13.2 Å². The third kappa shape index (κ3) is 3.87. The van der Waals surface area contributed by atoms with Crippen molar-refractivity contribution < 1.29 is 22.8 Å². The molecule has 13 heteroatoms. The second kappa shape index (κ2) is 6.93. The Bertz CT molecular complexity index is 833. The number of nitrogens with one attached hydrogen (secondary N) is 1. The SMILES string of the molecule is CN(C)C(=O)N(C)c1ccc(C(=O)Nc2nnnn2C)c(C(F)(F)F)n1. The summed E-state index contributed by atoms with van der Waals surface area (Å²) in [5.41, 5.74) is -2.16. The summed E-state index contributed by atoms with van der Waals surface area (Å²) in [6.45, 7) is 0. The third-order valence-corrected chi connectivity index (χ3v) is 3.25. The fourth-order valence-electron chi connectivity index (χ4n) is 1.94. The smallest absolute Gasteiger partial charge is 0.330 e. The number of hydrogen-bond donors (Lipinski definition) is 1. The average Bonchev–Trinajstić information content (AvgIpc) is 2.96. The number of carbonyl (C=O) groups excluding carboxylic acids is 2. The summed E-state index contributed by atoms with van der Waals surface area (Å²) >= 11 is 0. The van der Waals surface area contributed by atoms with E-state index < -0.39 is 29.4 Å². The zero-order valence-corrected chi connectivity index (χ0v) is 14.2. The molecule has 0 saturated carbocycles. The van der Waals surface area contributed by atoms with Crippen molar-refractivity contribution >= 4 is 23.7 Å². The highest BCUT2D eigenvalue weighted by Gasteiger charge is 2.38. The van der Waals surface area contributed by atoms with Gasteiger partial charge in [-0.25, -0.2) is 14.5 Å². The minimum absolute atomic E-state index is 0.132. The number of tetrazole rings is 1. The van der Waals surface area contributed by atoms with Crippen LogP contribution in [-0.2, 0) is 13.2 Å². The molecule has 10 nitrogen and oxygen atoms in total. The van der Waals surface area contributed by atoms with E-state index in [2.05, 4.69) is 25.8 Å². The summed E-state index contributed by atoms with van der Waals surface area (Å²) in [6.07, 6.45) is -4.91. The van der Waals surface area contributed by atoms with E-state index in [-0.39, 0.29) is 11.8 Å². The summed E-state index contributed by atoms with van der Waals surface area (Å²) in [4.78, 5) is 29.7. The second-order valence-corrected chi connectivity index (χ2v) is 5.38. The summed E-state index contributed by atoms with van der Waals surface area (Å²) in [6, 6.07) is 1.50. The number of aromatic nitrogens is 5. The van der Waals surface area contributed by atoms with Crippen LogP contribution in [0.4, 0.5) is 29.7 Å². The quantitative estimate of drug-likeness (QED) is 0.861. The van der Waals surface area contributed by atoms with Gasteiger partial charge >= 0.3 is 12.2 Å². The number of halogens is 3. The van der Waals surface area contributed by atoms with E-state index in [1.165, 1.54) is 33.1 Å². The van der Waals surface area contributed by atoms with Gasteiger partial charge in [-0.15, -0.1) is 0 Å². The molecule has 1 N–H and O–H groups in total. The van der Waals surface area contributed by atoms with Crippen LogP contribution >= 0.6 is 0 Å². The van der Waals surface area contributed by atoms with Crippen LogP contribution in [0.2, 0.25) is 0 Å². The van der Waals surface area contributed by atoms with E-state index in [9.17, 15) is 22.8 Å². The highest BCUT2D eigenvalue weighted by Crippen LogP contribution is 2.32. The normalized spacial score (nSPS) is 11.2. The van der Waals surface area contributed by atoms with Crippen molar-refractivity contribution in [1.29, 1.82) is 0 Å². The lowest BCUT2D eigenvalue weighted by atomic mass is 10.1. The number of hydrogen-bond acceptors (Lipinski definition) is 6. The molecule has 0 radical (unpaired) electrons. The predicted molar refractivity (Wildman–Crippen MR) is 83.5 cm³/mol. The Balaban J connectivity index is 2.42. The van der Waals surface area contributed by atoms with E-state index >= 15 is 0 Å². The topological polar surface area (TPSA) is 109 Å². The Morgan fingerprint density at radius 3 is 2.35 bits per heavy atom. The number of amides is 3. The molecule has 2 heterocycles. The molecule has 0 aliphatic rings. The molecule has 0 aliphatic carbocycles. The molecule has 0 aromatic carbocycles. The van der Waals surface area contributed by atoms with Crippen LogP contribution in [0.3, 0.4) is 0 Å². The summed E-state index contributed by atoms with van der Waals surface area (Å²) in [5.74, 6) is -1.48. The van der Waals surface area contributed by atoms with Crippen LogP contribution in [0.25, 0.3) is 0 Å². The predicted octanol–water partition coefficient (Wildman–Crippen LogP) is 0.994. The van der Waals surface area contributed by atoms with Gasteiger partial charge in [-0.3, -0.25) is 15.0 Å². The van der Waals surface area contributed by atoms with Crippen LogP contribution in [0.15, 0.2) is 12.1 Å². The fourth-order valence-corrected chi connectivity index (χ4v) is 1.94. The molecular formula is C13H15F3N8O2. The number of nitrogens with zero attached hydrogens (tertiary/aromatic N) is 7. The number of pyridine rings is 1. The first-order valence-electron chi connectivity index (χ1n) is 7.09. The van der Waals surface area contributed by atoms with Crippen molar-refractivity contribution in [2.24, 2.45) is 7.05 Å². The molecule has 2 aromatic heterocycles. The molecule has 0 spiro atoms. The van der Waals surface area contributed by atoms with E-state index in [0.717, 1.165) is 21.7 Å². The Morgan fingerprint density at radius 2 is 1.85 bits per heavy atom. The number of aryl methyl sites for hydroxylation is 1. The van der Waals surface area contributed by atoms with Crippen LogP contribution in [0.1, 0.15) is 16.1 Å². The molecular weight excluding hydrogens is 357 g/mol. The van der Waals surface area contributed by atoms with Crippen LogP contribution in [0.5, 0.6) is 0 Å². The lowest BCUT2D eigenvalue weighted by molar-refractivity contribution is -0.141. The van der Waals surface area contributed by atoms with Gasteiger partial charge in [0.2, 0.25) is 5.95 Å². The Morgan fingerprint density at radius 1 is 1.19 bits per heavy atom. The summed E-state index contributed by atoms with van der Waals surface area (Å²) < 4.78 is 41.2. The van der Waals surface area contributed by atoms with Gasteiger partial charge in [-0.1, -0.05) is 5.10 Å². The summed E-state index contributed by atoms with van der Waals surface area (Å²) in [5, 5.41) is 12.4. The van der Waals surface area contributed by atoms with E-state index in [4.69, 9.17) is 0 Å². The van der Waals surface area contributed by atoms with Gasteiger partial charge in [0.05, 0.1) is 5.56 Å². The molecule has 2 rings (SSSR count). The number of carbonyl (C=O) groups is 2. The Labute approximate surface area is 145 Å². The molecule has 0 aliphatic heterocycles. The summed E-state index contributed by atoms with van der Waals surface area (Å²) in [7, 11) is 5.57. The number of alkyl halides is 3. The van der Waals surface area contributed by atoms with Crippen molar-refractivity contribution in [1.82, 2.24) is 30.1 Å². The monoisotopic (exact) mass is 372 g/mol. The Kier molecular flexibility index (Phi) is 5.09. The first-order chi connectivity index (χ1) is 12.0. The van der Waals surface area contributed by atoms with Gasteiger partial charge in [0.25, 0.3) is 5.91 Å². The van der Waals surface area contributed by atoms with Crippen LogP contribution in [0, 0.1) is 0 Å². The molecule has 0 atom stereocenters. The molecule has 2 aromatic rings. The lowest BCUT2D eigenvalue weighted by Gasteiger charge is -2.22. The largest absolute Gasteiger partial charge is 0.434 e. The highest BCUT2D eigenvalue weighted by atomic mass is 19.4. The van der Waals surface area contributed by atoms with Crippen LogP contribution < -0.4 is 10.2 Å². The van der Waals surface area contributed by atoms with Crippen molar-refractivity contribution in [2.75, 3.05) is 31.4 Å². The van der Waals surface area contributed by atoms with E-state index in [0.29, 0.717) is 0 Å². The maximum absolute atomic E-state index is 13.4. The Hall–Kier alpha value is -3.25.